The van der Waals surface area contributed by atoms with E-state index in [0.717, 1.165) is 42.6 Å². The van der Waals surface area contributed by atoms with Crippen LogP contribution in [0, 0.1) is 0 Å². The largest absolute Gasteiger partial charge is 0.492 e. The molecule has 0 aliphatic heterocycles. The van der Waals surface area contributed by atoms with Gasteiger partial charge in [0.15, 0.2) is 0 Å². The van der Waals surface area contributed by atoms with Gasteiger partial charge in [-0.1, -0.05) is 90.3 Å². The lowest BCUT2D eigenvalue weighted by atomic mass is 9.98. The molecule has 0 fully saturated rings. The van der Waals surface area contributed by atoms with E-state index in [1.54, 1.807) is 6.92 Å². The second-order valence-corrected chi connectivity index (χ2v) is 9.79. The van der Waals surface area contributed by atoms with Crippen molar-refractivity contribution in [3.05, 3.63) is 29.3 Å². The fourth-order valence-electron chi connectivity index (χ4n) is 3.65. The molecule has 1 atom stereocenters. The molecule has 5 heteroatoms. The third-order valence-electron chi connectivity index (χ3n) is 5.57. The third-order valence-corrected chi connectivity index (χ3v) is 6.88. The van der Waals surface area contributed by atoms with E-state index in [-0.39, 0.29) is 6.61 Å². The molecule has 1 rings (SSSR count). The van der Waals surface area contributed by atoms with Crippen LogP contribution in [0.5, 0.6) is 5.75 Å². The topological polar surface area (TPSA) is 63.6 Å². The van der Waals surface area contributed by atoms with E-state index in [1.165, 1.54) is 51.4 Å². The van der Waals surface area contributed by atoms with Crippen LogP contribution in [-0.4, -0.2) is 24.8 Å². The highest BCUT2D eigenvalue weighted by atomic mass is 32.2. The first-order chi connectivity index (χ1) is 13.9. The first-order valence-corrected chi connectivity index (χ1v) is 13.1. The molecule has 0 aliphatic rings. The van der Waals surface area contributed by atoms with E-state index in [2.05, 4.69) is 32.0 Å². The number of benzene rings is 1. The zero-order valence-corrected chi connectivity index (χ0v) is 19.6. The SMILES string of the molecule is CCCCCCCc1cccc(CCCCCCC)c1OCC(CC)S(=O)(=O)O. The Morgan fingerprint density at radius 3 is 1.72 bits per heavy atom. The summed E-state index contributed by atoms with van der Waals surface area (Å²) in [4.78, 5) is 0. The van der Waals surface area contributed by atoms with Gasteiger partial charge in [-0.05, 0) is 43.2 Å². The zero-order chi connectivity index (χ0) is 21.5. The molecule has 1 aromatic rings. The zero-order valence-electron chi connectivity index (χ0n) is 18.8. The molecule has 0 spiro atoms. The van der Waals surface area contributed by atoms with Gasteiger partial charge in [0, 0.05) is 0 Å². The van der Waals surface area contributed by atoms with Gasteiger partial charge in [0.25, 0.3) is 10.1 Å². The fraction of sp³-hybridized carbons (Fsp3) is 0.750. The van der Waals surface area contributed by atoms with Gasteiger partial charge in [-0.3, -0.25) is 4.55 Å². The summed E-state index contributed by atoms with van der Waals surface area (Å²) in [5.74, 6) is 0.848. The maximum absolute atomic E-state index is 11.6. The van der Waals surface area contributed by atoms with Gasteiger partial charge < -0.3 is 4.74 Å². The van der Waals surface area contributed by atoms with Gasteiger partial charge in [0.1, 0.15) is 17.6 Å². The molecule has 1 unspecified atom stereocenters. The molecule has 0 bridgehead atoms. The van der Waals surface area contributed by atoms with Crippen molar-refractivity contribution in [1.82, 2.24) is 0 Å². The van der Waals surface area contributed by atoms with Crippen LogP contribution in [0.2, 0.25) is 0 Å². The molecule has 0 amide bonds. The molecule has 1 N–H and O–H groups in total. The standard InChI is InChI=1S/C24H42O4S/c1-4-7-9-11-13-16-21-18-15-19-22(17-14-12-10-8-5-2)24(21)28-20-23(6-3)29(25,26)27/h15,18-19,23H,4-14,16-17,20H2,1-3H3,(H,25,26,27). The van der Waals surface area contributed by atoms with Gasteiger partial charge in [-0.15, -0.1) is 0 Å². The quantitative estimate of drug-likeness (QED) is 0.221. The average Bonchev–Trinajstić information content (AvgIpc) is 2.68. The maximum Gasteiger partial charge on any atom is 0.271 e. The smallest absolute Gasteiger partial charge is 0.271 e. The highest BCUT2D eigenvalue weighted by Crippen LogP contribution is 2.28. The Balaban J connectivity index is 2.85. The second-order valence-electron chi connectivity index (χ2n) is 8.09. The van der Waals surface area contributed by atoms with E-state index < -0.39 is 15.4 Å². The molecule has 0 aliphatic carbocycles. The monoisotopic (exact) mass is 426 g/mol. The Morgan fingerprint density at radius 1 is 0.828 bits per heavy atom. The van der Waals surface area contributed by atoms with E-state index in [0.29, 0.717) is 6.42 Å². The van der Waals surface area contributed by atoms with Gasteiger partial charge in [-0.2, -0.15) is 8.42 Å². The Bertz CT molecular complexity index is 623. The number of para-hydroxylation sites is 1. The summed E-state index contributed by atoms with van der Waals surface area (Å²) < 4.78 is 38.6. The number of aryl methyl sites for hydroxylation is 2. The third kappa shape index (κ3) is 10.5. The number of unbranched alkanes of at least 4 members (excludes halogenated alkanes) is 8. The normalized spacial score (nSPS) is 12.8. The summed E-state index contributed by atoms with van der Waals surface area (Å²) in [7, 11) is -4.09. The fourth-order valence-corrected chi connectivity index (χ4v) is 4.31. The first kappa shape index (κ1) is 26.0. The number of rotatable bonds is 17. The Labute approximate surface area is 179 Å². The number of hydrogen-bond donors (Lipinski definition) is 1. The van der Waals surface area contributed by atoms with Crippen LogP contribution in [0.15, 0.2) is 18.2 Å². The van der Waals surface area contributed by atoms with E-state index in [9.17, 15) is 13.0 Å². The van der Waals surface area contributed by atoms with Crippen molar-refractivity contribution in [2.75, 3.05) is 6.61 Å². The highest BCUT2D eigenvalue weighted by Gasteiger charge is 2.23. The Kier molecular flexibility index (Phi) is 13.3. The predicted molar refractivity (Wildman–Crippen MR) is 122 cm³/mol. The highest BCUT2D eigenvalue weighted by molar-refractivity contribution is 7.86. The number of ether oxygens (including phenoxy) is 1. The lowest BCUT2D eigenvalue weighted by Gasteiger charge is -2.19. The van der Waals surface area contributed by atoms with Crippen LogP contribution in [0.4, 0.5) is 0 Å². The van der Waals surface area contributed by atoms with E-state index in [1.807, 2.05) is 0 Å². The molecule has 29 heavy (non-hydrogen) atoms. The molecule has 1 aromatic carbocycles. The molecule has 0 radical (unpaired) electrons. The van der Waals surface area contributed by atoms with Crippen molar-refractivity contribution in [3.8, 4) is 5.75 Å². The molecule has 0 heterocycles. The summed E-state index contributed by atoms with van der Waals surface area (Å²) in [6, 6.07) is 6.30. The Morgan fingerprint density at radius 2 is 1.31 bits per heavy atom. The predicted octanol–water partition coefficient (Wildman–Crippen LogP) is 6.76. The molecular weight excluding hydrogens is 384 g/mol. The van der Waals surface area contributed by atoms with Gasteiger partial charge in [-0.25, -0.2) is 0 Å². The van der Waals surface area contributed by atoms with Crippen LogP contribution >= 0.6 is 0 Å². The molecule has 0 saturated heterocycles. The maximum atomic E-state index is 11.6. The summed E-state index contributed by atoms with van der Waals surface area (Å²) in [6.07, 6.45) is 14.4. The van der Waals surface area contributed by atoms with Crippen LogP contribution in [0.25, 0.3) is 0 Å². The summed E-state index contributed by atoms with van der Waals surface area (Å²) in [5.41, 5.74) is 2.33. The van der Waals surface area contributed by atoms with Crippen molar-refractivity contribution in [3.63, 3.8) is 0 Å². The van der Waals surface area contributed by atoms with Crippen molar-refractivity contribution >= 4 is 10.1 Å². The van der Waals surface area contributed by atoms with Crippen LogP contribution in [-0.2, 0) is 23.0 Å². The minimum absolute atomic E-state index is 0.00498. The second kappa shape index (κ2) is 14.8. The van der Waals surface area contributed by atoms with Crippen molar-refractivity contribution in [1.29, 1.82) is 0 Å². The van der Waals surface area contributed by atoms with E-state index in [4.69, 9.17) is 4.74 Å². The minimum Gasteiger partial charge on any atom is -0.492 e. The lowest BCUT2D eigenvalue weighted by molar-refractivity contribution is 0.296. The lowest BCUT2D eigenvalue weighted by Crippen LogP contribution is -2.27. The molecule has 0 saturated carbocycles. The van der Waals surface area contributed by atoms with Gasteiger partial charge in [0.2, 0.25) is 0 Å². The molecule has 0 aromatic heterocycles. The van der Waals surface area contributed by atoms with E-state index >= 15 is 0 Å². The minimum atomic E-state index is -4.09. The van der Waals surface area contributed by atoms with Crippen molar-refractivity contribution in [2.24, 2.45) is 0 Å². The van der Waals surface area contributed by atoms with Crippen LogP contribution in [0.1, 0.15) is 103 Å². The summed E-state index contributed by atoms with van der Waals surface area (Å²) in [6.45, 7) is 6.20. The van der Waals surface area contributed by atoms with Crippen LogP contribution in [0.3, 0.4) is 0 Å². The molecule has 4 nitrogen and oxygen atoms in total. The van der Waals surface area contributed by atoms with Crippen molar-refractivity contribution < 1.29 is 17.7 Å². The number of hydrogen-bond acceptors (Lipinski definition) is 3. The van der Waals surface area contributed by atoms with Gasteiger partial charge >= 0.3 is 0 Å². The summed E-state index contributed by atoms with van der Waals surface area (Å²) in [5, 5.41) is -0.877. The summed E-state index contributed by atoms with van der Waals surface area (Å²) >= 11 is 0. The van der Waals surface area contributed by atoms with Gasteiger partial charge in [0.05, 0.1) is 0 Å². The Hall–Kier alpha value is -1.07. The van der Waals surface area contributed by atoms with Crippen LogP contribution < -0.4 is 4.74 Å². The molecule has 168 valence electrons. The molecular formula is C24H42O4S. The van der Waals surface area contributed by atoms with Crippen molar-refractivity contribution in [2.45, 2.75) is 109 Å². The first-order valence-electron chi connectivity index (χ1n) is 11.6. The average molecular weight is 427 g/mol.